The van der Waals surface area contributed by atoms with Crippen LogP contribution in [0.25, 0.3) is 0 Å². The fourth-order valence-corrected chi connectivity index (χ4v) is 1.32. The molecule has 3 heteroatoms. The molecule has 0 bridgehead atoms. The van der Waals surface area contributed by atoms with E-state index in [1.807, 2.05) is 24.4 Å². The van der Waals surface area contributed by atoms with Gasteiger partial charge < -0.3 is 0 Å². The Balaban J connectivity index is 3.66. The first-order valence-electron chi connectivity index (χ1n) is 3.28. The molecule has 0 aliphatic rings. The molecule has 0 radical (unpaired) electrons. The zero-order valence-electron chi connectivity index (χ0n) is 6.27. The van der Waals surface area contributed by atoms with Gasteiger partial charge in [0, 0.05) is 0 Å². The summed E-state index contributed by atoms with van der Waals surface area (Å²) in [5, 5.41) is 0. The maximum absolute atomic E-state index is 5.80. The second kappa shape index (κ2) is 5.00. The Kier molecular flexibility index (Phi) is 5.14. The van der Waals surface area contributed by atoms with Crippen LogP contribution in [-0.4, -0.2) is 6.69 Å². The van der Waals surface area contributed by atoms with Crippen molar-refractivity contribution in [3.63, 3.8) is 0 Å². The van der Waals surface area contributed by atoms with Gasteiger partial charge in [-0.15, -0.1) is 22.2 Å². The topological polar surface area (TPSA) is 0 Å². The van der Waals surface area contributed by atoms with Gasteiger partial charge in [-0.3, -0.25) is 0 Å². The smallest absolute Gasteiger partial charge is 0.141 e. The van der Waals surface area contributed by atoms with E-state index in [1.165, 1.54) is 0 Å². The van der Waals surface area contributed by atoms with Gasteiger partial charge in [0.1, 0.15) is 0 Å². The Bertz CT molecular complexity index is 133. The largest absolute Gasteiger partial charge is 0.270 e. The molecule has 0 heterocycles. The summed E-state index contributed by atoms with van der Waals surface area (Å²) in [4.78, 5) is 0. The average molecular weight is 195 g/mol. The lowest BCUT2D eigenvalue weighted by molar-refractivity contribution is 1.22. The molecule has 10 heavy (non-hydrogen) atoms. The monoisotopic (exact) mass is 194 g/mol. The molecule has 0 nitrogen and oxygen atoms in total. The molecule has 0 spiro atoms. The van der Waals surface area contributed by atoms with Crippen LogP contribution in [-0.2, 0) is 0 Å². The molecule has 0 rings (SSSR count). The molecule has 0 aliphatic carbocycles. The normalized spacial score (nSPS) is 13.6. The summed E-state index contributed by atoms with van der Waals surface area (Å²) < 4.78 is 0. The third-order valence-corrected chi connectivity index (χ3v) is 2.41. The predicted octanol–water partition coefficient (Wildman–Crippen LogP) is 3.60. The molecule has 0 saturated carbocycles. The Morgan fingerprint density at radius 2 is 1.90 bits per heavy atom. The fraction of sp³-hybridized carbons (Fsp3) is 0.429. The molecule has 0 fully saturated rings. The van der Waals surface area contributed by atoms with E-state index in [1.54, 1.807) is 0 Å². The maximum atomic E-state index is 5.80. The van der Waals surface area contributed by atoms with E-state index in [0.717, 1.165) is 6.42 Å². The van der Waals surface area contributed by atoms with Crippen LogP contribution in [0.5, 0.6) is 0 Å². The highest BCUT2D eigenvalue weighted by Crippen LogP contribution is 2.14. The molecule has 0 saturated heterocycles. The van der Waals surface area contributed by atoms with Gasteiger partial charge in [0.15, 0.2) is 0 Å². The van der Waals surface area contributed by atoms with Gasteiger partial charge in [-0.05, 0) is 13.0 Å². The molecule has 0 N–H and O–H groups in total. The molecule has 0 aromatic rings. The van der Waals surface area contributed by atoms with E-state index >= 15 is 0 Å². The van der Waals surface area contributed by atoms with Crippen LogP contribution in [0.15, 0.2) is 23.9 Å². The van der Waals surface area contributed by atoms with E-state index in [0.29, 0.717) is 0 Å². The molecular formula is C7H12Cl2Si. The highest BCUT2D eigenvalue weighted by Gasteiger charge is 2.14. The number of allylic oxidation sites excluding steroid dienone is 3. The van der Waals surface area contributed by atoms with Crippen molar-refractivity contribution in [1.29, 1.82) is 0 Å². The standard InChI is InChI=1S/C7H12Cl2Si/c1-3-4-5-6-7-10(2,8)9/h4-7H,3H2,1-2H3. The van der Waals surface area contributed by atoms with Crippen molar-refractivity contribution in [3.8, 4) is 0 Å². The van der Waals surface area contributed by atoms with Crippen molar-refractivity contribution < 1.29 is 0 Å². The minimum Gasteiger partial charge on any atom is -0.141 e. The van der Waals surface area contributed by atoms with E-state index in [4.69, 9.17) is 22.2 Å². The van der Waals surface area contributed by atoms with E-state index in [2.05, 4.69) is 13.0 Å². The van der Waals surface area contributed by atoms with Crippen molar-refractivity contribution in [1.82, 2.24) is 0 Å². The summed E-state index contributed by atoms with van der Waals surface area (Å²) in [5.74, 6) is 0. The lowest BCUT2D eigenvalue weighted by Gasteiger charge is -1.98. The molecule has 0 aromatic carbocycles. The van der Waals surface area contributed by atoms with Gasteiger partial charge in [0.2, 0.25) is 0 Å². The summed E-state index contributed by atoms with van der Waals surface area (Å²) in [6, 6.07) is 0. The lowest BCUT2D eigenvalue weighted by Crippen LogP contribution is -2.06. The third kappa shape index (κ3) is 8.28. The zero-order chi connectivity index (χ0) is 8.04. The van der Waals surface area contributed by atoms with Crippen LogP contribution in [0.1, 0.15) is 13.3 Å². The van der Waals surface area contributed by atoms with Crippen LogP contribution in [0.4, 0.5) is 0 Å². The van der Waals surface area contributed by atoms with Gasteiger partial charge in [-0.1, -0.05) is 30.9 Å². The van der Waals surface area contributed by atoms with Crippen molar-refractivity contribution in [3.05, 3.63) is 23.9 Å². The van der Waals surface area contributed by atoms with Crippen LogP contribution in [0.3, 0.4) is 0 Å². The lowest BCUT2D eigenvalue weighted by atomic mass is 10.4. The minimum atomic E-state index is -1.99. The number of hydrogen-bond acceptors (Lipinski definition) is 0. The zero-order valence-corrected chi connectivity index (χ0v) is 8.78. The molecule has 58 valence electrons. The Morgan fingerprint density at radius 3 is 2.30 bits per heavy atom. The molecular weight excluding hydrogens is 183 g/mol. The van der Waals surface area contributed by atoms with Gasteiger partial charge in [-0.25, -0.2) is 0 Å². The summed E-state index contributed by atoms with van der Waals surface area (Å²) in [6.07, 6.45) is 6.99. The predicted molar refractivity (Wildman–Crippen MR) is 51.9 cm³/mol. The Morgan fingerprint density at radius 1 is 1.30 bits per heavy atom. The van der Waals surface area contributed by atoms with Gasteiger partial charge in [0.25, 0.3) is 6.69 Å². The highest BCUT2D eigenvalue weighted by atomic mass is 35.7. The summed E-state index contributed by atoms with van der Waals surface area (Å²) in [5.41, 5.74) is 1.88. The number of hydrogen-bond donors (Lipinski definition) is 0. The summed E-state index contributed by atoms with van der Waals surface area (Å²) in [6.45, 7) is 1.96. The first-order chi connectivity index (χ1) is 4.56. The molecule has 0 unspecified atom stereocenters. The second-order valence-electron chi connectivity index (χ2n) is 2.15. The average Bonchev–Trinajstić information content (AvgIpc) is 1.78. The third-order valence-electron chi connectivity index (χ3n) is 0.872. The molecule has 0 aromatic heterocycles. The van der Waals surface area contributed by atoms with Crippen molar-refractivity contribution in [2.24, 2.45) is 0 Å². The second-order valence-corrected chi connectivity index (χ2v) is 9.69. The van der Waals surface area contributed by atoms with Gasteiger partial charge in [0.05, 0.1) is 0 Å². The minimum absolute atomic E-state index is 1.05. The van der Waals surface area contributed by atoms with Gasteiger partial charge >= 0.3 is 0 Å². The maximum Gasteiger partial charge on any atom is 0.270 e. The molecule has 0 aliphatic heterocycles. The highest BCUT2D eigenvalue weighted by molar-refractivity contribution is 7.47. The fourth-order valence-electron chi connectivity index (χ4n) is 0.439. The first-order valence-corrected chi connectivity index (χ1v) is 7.88. The van der Waals surface area contributed by atoms with Crippen LogP contribution in [0, 0.1) is 0 Å². The van der Waals surface area contributed by atoms with Crippen LogP contribution in [0.2, 0.25) is 6.55 Å². The summed E-state index contributed by atoms with van der Waals surface area (Å²) in [7, 11) is 0. The van der Waals surface area contributed by atoms with Crippen LogP contribution < -0.4 is 0 Å². The Hall–Kier alpha value is 0.277. The first kappa shape index (κ1) is 10.3. The van der Waals surface area contributed by atoms with Crippen LogP contribution >= 0.6 is 22.2 Å². The van der Waals surface area contributed by atoms with Crippen molar-refractivity contribution in [2.75, 3.05) is 0 Å². The van der Waals surface area contributed by atoms with Crippen molar-refractivity contribution in [2.45, 2.75) is 19.9 Å². The number of halogens is 2. The van der Waals surface area contributed by atoms with E-state index in [9.17, 15) is 0 Å². The molecule has 0 atom stereocenters. The number of rotatable bonds is 3. The SMILES string of the molecule is CCC=CC=C[Si](C)(Cl)Cl. The van der Waals surface area contributed by atoms with E-state index in [-0.39, 0.29) is 0 Å². The van der Waals surface area contributed by atoms with E-state index < -0.39 is 6.69 Å². The van der Waals surface area contributed by atoms with Gasteiger partial charge in [-0.2, -0.15) is 0 Å². The summed E-state index contributed by atoms with van der Waals surface area (Å²) >= 11 is 11.6. The Labute approximate surface area is 72.9 Å². The molecule has 0 amide bonds. The van der Waals surface area contributed by atoms with Crippen molar-refractivity contribution >= 4 is 28.9 Å². The quantitative estimate of drug-likeness (QED) is 0.366.